The van der Waals surface area contributed by atoms with E-state index in [4.69, 9.17) is 29.6 Å². The molecule has 2 aromatic carbocycles. The van der Waals surface area contributed by atoms with Gasteiger partial charge >= 0.3 is 0 Å². The normalized spacial score (nSPS) is 11.9. The summed E-state index contributed by atoms with van der Waals surface area (Å²) in [5.41, 5.74) is 8.62. The van der Waals surface area contributed by atoms with Gasteiger partial charge in [0.25, 0.3) is 0 Å². The van der Waals surface area contributed by atoms with Gasteiger partial charge in [0.2, 0.25) is 0 Å². The van der Waals surface area contributed by atoms with Crippen molar-refractivity contribution in [2.75, 3.05) is 5.32 Å². The summed E-state index contributed by atoms with van der Waals surface area (Å²) < 4.78 is 0.883. The SMILES string of the molecule is CC(Nc1cccc(Br)c1C(N)=S)c1cccc(Cl)c1. The summed E-state index contributed by atoms with van der Waals surface area (Å²) in [6, 6.07) is 13.7. The number of hydrogen-bond acceptors (Lipinski definition) is 2. The molecule has 20 heavy (non-hydrogen) atoms. The smallest absolute Gasteiger partial charge is 0.107 e. The molecule has 1 unspecified atom stereocenters. The molecular formula is C15H14BrClN2S. The highest BCUT2D eigenvalue weighted by atomic mass is 79.9. The van der Waals surface area contributed by atoms with Crippen molar-refractivity contribution in [2.45, 2.75) is 13.0 Å². The van der Waals surface area contributed by atoms with E-state index in [-0.39, 0.29) is 6.04 Å². The molecule has 1 atom stereocenters. The van der Waals surface area contributed by atoms with E-state index < -0.39 is 0 Å². The maximum atomic E-state index is 6.02. The van der Waals surface area contributed by atoms with Gasteiger partial charge in [0, 0.05) is 26.8 Å². The summed E-state index contributed by atoms with van der Waals surface area (Å²) in [5, 5.41) is 4.14. The third kappa shape index (κ3) is 3.51. The Morgan fingerprint density at radius 3 is 2.65 bits per heavy atom. The minimum atomic E-state index is 0.0936. The largest absolute Gasteiger partial charge is 0.389 e. The Kier molecular flexibility index (Phi) is 5.02. The molecule has 5 heteroatoms. The van der Waals surface area contributed by atoms with Crippen molar-refractivity contribution in [1.82, 2.24) is 0 Å². The molecule has 0 aliphatic heterocycles. The molecule has 0 saturated carbocycles. The van der Waals surface area contributed by atoms with Gasteiger partial charge < -0.3 is 11.1 Å². The average Bonchev–Trinajstić information content (AvgIpc) is 2.38. The van der Waals surface area contributed by atoms with Crippen LogP contribution in [0.4, 0.5) is 5.69 Å². The van der Waals surface area contributed by atoms with E-state index in [1.54, 1.807) is 0 Å². The molecule has 2 nitrogen and oxygen atoms in total. The first-order chi connectivity index (χ1) is 9.49. The molecule has 0 aliphatic carbocycles. The number of benzene rings is 2. The van der Waals surface area contributed by atoms with Crippen LogP contribution >= 0.6 is 39.7 Å². The van der Waals surface area contributed by atoms with Crippen molar-refractivity contribution in [1.29, 1.82) is 0 Å². The number of anilines is 1. The molecule has 0 aromatic heterocycles. The van der Waals surface area contributed by atoms with Crippen LogP contribution in [0.25, 0.3) is 0 Å². The van der Waals surface area contributed by atoms with Gasteiger partial charge in [0.15, 0.2) is 0 Å². The standard InChI is InChI=1S/C15H14BrClN2S/c1-9(10-4-2-5-11(17)8-10)19-13-7-3-6-12(16)14(13)15(18)20/h2-9,19H,1H3,(H2,18,20). The molecule has 0 bridgehead atoms. The maximum absolute atomic E-state index is 6.02. The topological polar surface area (TPSA) is 38.0 Å². The van der Waals surface area contributed by atoms with Crippen LogP contribution in [0.1, 0.15) is 24.1 Å². The van der Waals surface area contributed by atoms with Crippen LogP contribution < -0.4 is 11.1 Å². The Morgan fingerprint density at radius 2 is 2.00 bits per heavy atom. The maximum Gasteiger partial charge on any atom is 0.107 e. The van der Waals surface area contributed by atoms with E-state index in [1.165, 1.54) is 0 Å². The molecule has 2 rings (SSSR count). The fourth-order valence-corrected chi connectivity index (χ4v) is 3.12. The molecule has 0 heterocycles. The highest BCUT2D eigenvalue weighted by Crippen LogP contribution is 2.28. The van der Waals surface area contributed by atoms with Gasteiger partial charge in [-0.15, -0.1) is 0 Å². The lowest BCUT2D eigenvalue weighted by atomic mass is 10.1. The molecule has 0 spiro atoms. The van der Waals surface area contributed by atoms with Crippen LogP contribution in [0.2, 0.25) is 5.02 Å². The Morgan fingerprint density at radius 1 is 1.30 bits per heavy atom. The number of nitrogens with two attached hydrogens (primary N) is 1. The molecule has 0 saturated heterocycles. The van der Waals surface area contributed by atoms with Crippen molar-refractivity contribution < 1.29 is 0 Å². The minimum Gasteiger partial charge on any atom is -0.389 e. The van der Waals surface area contributed by atoms with Crippen LogP contribution in [0.3, 0.4) is 0 Å². The third-order valence-electron chi connectivity index (χ3n) is 2.98. The van der Waals surface area contributed by atoms with Crippen molar-refractivity contribution in [2.24, 2.45) is 5.73 Å². The lowest BCUT2D eigenvalue weighted by molar-refractivity contribution is 0.884. The second kappa shape index (κ2) is 6.57. The van der Waals surface area contributed by atoms with E-state index in [0.717, 1.165) is 26.3 Å². The van der Waals surface area contributed by atoms with Crippen molar-refractivity contribution in [3.05, 3.63) is 63.1 Å². The summed E-state index contributed by atoms with van der Waals surface area (Å²) >= 11 is 14.6. The number of halogens is 2. The average molecular weight is 370 g/mol. The molecule has 0 aliphatic rings. The number of hydrogen-bond donors (Lipinski definition) is 2. The Labute approximate surface area is 137 Å². The fourth-order valence-electron chi connectivity index (χ4n) is 1.99. The predicted molar refractivity (Wildman–Crippen MR) is 93.5 cm³/mol. The van der Waals surface area contributed by atoms with E-state index >= 15 is 0 Å². The zero-order valence-electron chi connectivity index (χ0n) is 10.9. The van der Waals surface area contributed by atoms with Crippen molar-refractivity contribution in [3.8, 4) is 0 Å². The molecule has 0 radical (unpaired) electrons. The number of rotatable bonds is 4. The molecule has 3 N–H and O–H groups in total. The zero-order valence-corrected chi connectivity index (χ0v) is 14.0. The second-order valence-electron chi connectivity index (χ2n) is 4.45. The van der Waals surface area contributed by atoms with Gasteiger partial charge in [-0.3, -0.25) is 0 Å². The minimum absolute atomic E-state index is 0.0936. The second-order valence-corrected chi connectivity index (χ2v) is 6.18. The van der Waals surface area contributed by atoms with E-state index in [2.05, 4.69) is 28.2 Å². The van der Waals surface area contributed by atoms with Gasteiger partial charge in [0.05, 0.1) is 0 Å². The quantitative estimate of drug-likeness (QED) is 0.752. The monoisotopic (exact) mass is 368 g/mol. The first-order valence-electron chi connectivity index (χ1n) is 6.09. The fraction of sp³-hybridized carbons (Fsp3) is 0.133. The molecule has 0 amide bonds. The van der Waals surface area contributed by atoms with Gasteiger partial charge in [-0.2, -0.15) is 0 Å². The summed E-state index contributed by atoms with van der Waals surface area (Å²) in [7, 11) is 0. The van der Waals surface area contributed by atoms with Crippen LogP contribution in [-0.4, -0.2) is 4.99 Å². The van der Waals surface area contributed by atoms with Crippen molar-refractivity contribution in [3.63, 3.8) is 0 Å². The lowest BCUT2D eigenvalue weighted by Gasteiger charge is -2.19. The summed E-state index contributed by atoms with van der Waals surface area (Å²) in [4.78, 5) is 0.360. The first kappa shape index (κ1) is 15.3. The molecule has 0 fully saturated rings. The first-order valence-corrected chi connectivity index (χ1v) is 7.67. The number of thiocarbonyl (C=S) groups is 1. The molecular weight excluding hydrogens is 356 g/mol. The van der Waals surface area contributed by atoms with Crippen LogP contribution in [0, 0.1) is 0 Å². The summed E-state index contributed by atoms with van der Waals surface area (Å²) in [6.45, 7) is 2.07. The highest BCUT2D eigenvalue weighted by molar-refractivity contribution is 9.10. The van der Waals surface area contributed by atoms with E-state index in [9.17, 15) is 0 Å². The van der Waals surface area contributed by atoms with Gasteiger partial charge in [0.1, 0.15) is 4.99 Å². The Hall–Kier alpha value is -1.10. The highest BCUT2D eigenvalue weighted by Gasteiger charge is 2.12. The van der Waals surface area contributed by atoms with E-state index in [0.29, 0.717) is 4.99 Å². The van der Waals surface area contributed by atoms with E-state index in [1.807, 2.05) is 42.5 Å². The van der Waals surface area contributed by atoms with Crippen molar-refractivity contribution >= 4 is 50.4 Å². The molecule has 104 valence electrons. The van der Waals surface area contributed by atoms with Crippen LogP contribution in [0.15, 0.2) is 46.9 Å². The van der Waals surface area contributed by atoms with Crippen LogP contribution in [0.5, 0.6) is 0 Å². The zero-order chi connectivity index (χ0) is 14.7. The van der Waals surface area contributed by atoms with Crippen LogP contribution in [-0.2, 0) is 0 Å². The Bertz CT molecular complexity index is 646. The third-order valence-corrected chi connectivity index (χ3v) is 4.08. The van der Waals surface area contributed by atoms with Gasteiger partial charge in [-0.05, 0) is 52.7 Å². The van der Waals surface area contributed by atoms with Gasteiger partial charge in [-0.25, -0.2) is 0 Å². The predicted octanol–water partition coefficient (Wildman–Crippen LogP) is 4.91. The lowest BCUT2D eigenvalue weighted by Crippen LogP contribution is -2.15. The number of nitrogens with one attached hydrogen (secondary N) is 1. The summed E-state index contributed by atoms with van der Waals surface area (Å²) in [6.07, 6.45) is 0. The molecule has 2 aromatic rings. The Balaban J connectivity index is 2.30. The van der Waals surface area contributed by atoms with Gasteiger partial charge in [-0.1, -0.05) is 42.0 Å². The summed E-state index contributed by atoms with van der Waals surface area (Å²) in [5.74, 6) is 0.